The summed E-state index contributed by atoms with van der Waals surface area (Å²) in [5.74, 6) is 0.922. The molecule has 1 fully saturated rings. The van der Waals surface area contributed by atoms with Gasteiger partial charge in [-0.2, -0.15) is 0 Å². The third kappa shape index (κ3) is 7.05. The molecule has 102 valence electrons. The molecule has 0 saturated heterocycles. The van der Waals surface area contributed by atoms with Crippen LogP contribution in [0.1, 0.15) is 65.2 Å². The number of unbranched alkanes of at least 4 members (excludes halogenated alkanes) is 2. The molecule has 0 bridgehead atoms. The summed E-state index contributed by atoms with van der Waals surface area (Å²) >= 11 is 0. The van der Waals surface area contributed by atoms with Gasteiger partial charge in [-0.3, -0.25) is 0 Å². The number of hydrogen-bond acceptors (Lipinski definition) is 2. The Morgan fingerprint density at radius 3 is 2.76 bits per heavy atom. The van der Waals surface area contributed by atoms with E-state index < -0.39 is 0 Å². The first-order chi connectivity index (χ1) is 8.36. The van der Waals surface area contributed by atoms with Gasteiger partial charge < -0.3 is 10.1 Å². The lowest BCUT2D eigenvalue weighted by Crippen LogP contribution is -2.27. The monoisotopic (exact) mass is 241 g/mol. The van der Waals surface area contributed by atoms with E-state index in [1.54, 1.807) is 0 Å². The second-order valence-corrected chi connectivity index (χ2v) is 5.39. The second kappa shape index (κ2) is 9.90. The zero-order chi connectivity index (χ0) is 12.3. The Bertz CT molecular complexity index is 172. The fourth-order valence-electron chi connectivity index (χ4n) is 2.69. The first-order valence-corrected chi connectivity index (χ1v) is 7.69. The van der Waals surface area contributed by atoms with Gasteiger partial charge in [-0.1, -0.05) is 46.0 Å². The van der Waals surface area contributed by atoms with Gasteiger partial charge in [0, 0.05) is 6.54 Å². The Hall–Kier alpha value is -0.0800. The minimum atomic E-state index is 0.547. The largest absolute Gasteiger partial charge is 0.377 e. The standard InChI is InChI=1S/C15H31NO/c1-3-5-6-10-16-11-12-17-15-9-7-8-14(4-2)13-15/h14-16H,3-13H2,1-2H3. The van der Waals surface area contributed by atoms with Gasteiger partial charge in [0.2, 0.25) is 0 Å². The summed E-state index contributed by atoms with van der Waals surface area (Å²) in [6.45, 7) is 7.63. The van der Waals surface area contributed by atoms with Gasteiger partial charge in [0.15, 0.2) is 0 Å². The van der Waals surface area contributed by atoms with Crippen molar-refractivity contribution in [2.75, 3.05) is 19.7 Å². The van der Waals surface area contributed by atoms with E-state index in [0.29, 0.717) is 6.10 Å². The van der Waals surface area contributed by atoms with Crippen molar-refractivity contribution in [3.8, 4) is 0 Å². The molecule has 17 heavy (non-hydrogen) atoms. The lowest BCUT2D eigenvalue weighted by molar-refractivity contribution is 0.0143. The minimum Gasteiger partial charge on any atom is -0.377 e. The smallest absolute Gasteiger partial charge is 0.0594 e. The summed E-state index contributed by atoms with van der Waals surface area (Å²) in [6.07, 6.45) is 11.2. The van der Waals surface area contributed by atoms with Crippen molar-refractivity contribution in [1.29, 1.82) is 0 Å². The highest BCUT2D eigenvalue weighted by molar-refractivity contribution is 4.72. The second-order valence-electron chi connectivity index (χ2n) is 5.39. The molecule has 2 heteroatoms. The normalized spacial score (nSPS) is 25.1. The topological polar surface area (TPSA) is 21.3 Å². The number of ether oxygens (including phenoxy) is 1. The number of rotatable bonds is 9. The molecule has 0 spiro atoms. The van der Waals surface area contributed by atoms with Crippen LogP contribution in [-0.2, 0) is 4.74 Å². The molecule has 0 heterocycles. The molecule has 0 aromatic carbocycles. The minimum absolute atomic E-state index is 0.547. The Kier molecular flexibility index (Phi) is 8.72. The maximum Gasteiger partial charge on any atom is 0.0594 e. The van der Waals surface area contributed by atoms with E-state index in [4.69, 9.17) is 4.74 Å². The average Bonchev–Trinajstić information content (AvgIpc) is 2.38. The van der Waals surface area contributed by atoms with E-state index in [0.717, 1.165) is 25.6 Å². The van der Waals surface area contributed by atoms with Gasteiger partial charge in [-0.05, 0) is 31.7 Å². The molecule has 0 aromatic heterocycles. The van der Waals surface area contributed by atoms with Crippen LogP contribution in [0, 0.1) is 5.92 Å². The molecule has 2 unspecified atom stereocenters. The van der Waals surface area contributed by atoms with E-state index in [9.17, 15) is 0 Å². The maximum absolute atomic E-state index is 5.96. The maximum atomic E-state index is 5.96. The SMILES string of the molecule is CCCCCNCCOC1CCCC(CC)C1. The summed E-state index contributed by atoms with van der Waals surface area (Å²) in [5.41, 5.74) is 0. The third-order valence-electron chi connectivity index (χ3n) is 3.90. The zero-order valence-electron chi connectivity index (χ0n) is 11.8. The highest BCUT2D eigenvalue weighted by Gasteiger charge is 2.20. The van der Waals surface area contributed by atoms with Gasteiger partial charge in [0.25, 0.3) is 0 Å². The molecule has 0 amide bonds. The van der Waals surface area contributed by atoms with E-state index in [1.807, 2.05) is 0 Å². The predicted molar refractivity (Wildman–Crippen MR) is 74.4 cm³/mol. The van der Waals surface area contributed by atoms with Crippen molar-refractivity contribution in [2.45, 2.75) is 71.3 Å². The molecule has 1 saturated carbocycles. The van der Waals surface area contributed by atoms with E-state index in [-0.39, 0.29) is 0 Å². The van der Waals surface area contributed by atoms with Gasteiger partial charge in [-0.25, -0.2) is 0 Å². The summed E-state index contributed by atoms with van der Waals surface area (Å²) in [4.78, 5) is 0. The van der Waals surface area contributed by atoms with Crippen LogP contribution in [0.15, 0.2) is 0 Å². The van der Waals surface area contributed by atoms with Gasteiger partial charge in [-0.15, -0.1) is 0 Å². The van der Waals surface area contributed by atoms with Crippen LogP contribution < -0.4 is 5.32 Å². The third-order valence-corrected chi connectivity index (χ3v) is 3.90. The lowest BCUT2D eigenvalue weighted by atomic mass is 9.85. The molecular formula is C15H31NO. The predicted octanol–water partition coefficient (Wildman–Crippen LogP) is 3.75. The zero-order valence-corrected chi connectivity index (χ0v) is 11.8. The molecule has 2 atom stereocenters. The quantitative estimate of drug-likeness (QED) is 0.621. The van der Waals surface area contributed by atoms with Crippen LogP contribution in [-0.4, -0.2) is 25.8 Å². The molecule has 2 nitrogen and oxygen atoms in total. The summed E-state index contributed by atoms with van der Waals surface area (Å²) in [6, 6.07) is 0. The molecule has 1 rings (SSSR count). The fraction of sp³-hybridized carbons (Fsp3) is 1.00. The summed E-state index contributed by atoms with van der Waals surface area (Å²) in [5, 5.41) is 3.46. The first-order valence-electron chi connectivity index (χ1n) is 7.69. The Balaban J connectivity index is 1.91. The average molecular weight is 241 g/mol. The summed E-state index contributed by atoms with van der Waals surface area (Å²) in [7, 11) is 0. The van der Waals surface area contributed by atoms with Crippen molar-refractivity contribution in [3.63, 3.8) is 0 Å². The summed E-state index contributed by atoms with van der Waals surface area (Å²) < 4.78 is 5.96. The van der Waals surface area contributed by atoms with Crippen molar-refractivity contribution >= 4 is 0 Å². The van der Waals surface area contributed by atoms with Gasteiger partial charge in [0.05, 0.1) is 12.7 Å². The van der Waals surface area contributed by atoms with Crippen molar-refractivity contribution in [1.82, 2.24) is 5.32 Å². The van der Waals surface area contributed by atoms with Crippen LogP contribution in [0.25, 0.3) is 0 Å². The number of hydrogen-bond donors (Lipinski definition) is 1. The Morgan fingerprint density at radius 1 is 1.12 bits per heavy atom. The van der Waals surface area contributed by atoms with Crippen LogP contribution in [0.5, 0.6) is 0 Å². The van der Waals surface area contributed by atoms with Gasteiger partial charge in [0.1, 0.15) is 0 Å². The molecule has 0 aliphatic heterocycles. The van der Waals surface area contributed by atoms with Crippen LogP contribution in [0.2, 0.25) is 0 Å². The first kappa shape index (κ1) is 15.0. The molecule has 1 aliphatic carbocycles. The highest BCUT2D eigenvalue weighted by atomic mass is 16.5. The fourth-order valence-corrected chi connectivity index (χ4v) is 2.69. The Morgan fingerprint density at radius 2 is 2.00 bits per heavy atom. The van der Waals surface area contributed by atoms with E-state index >= 15 is 0 Å². The van der Waals surface area contributed by atoms with Crippen molar-refractivity contribution in [2.24, 2.45) is 5.92 Å². The lowest BCUT2D eigenvalue weighted by Gasteiger charge is -2.28. The molecule has 0 aromatic rings. The number of nitrogens with one attached hydrogen (secondary N) is 1. The highest BCUT2D eigenvalue weighted by Crippen LogP contribution is 2.28. The molecular weight excluding hydrogens is 210 g/mol. The Labute approximate surface area is 108 Å². The molecule has 1 aliphatic rings. The molecule has 1 N–H and O–H groups in total. The van der Waals surface area contributed by atoms with Gasteiger partial charge >= 0.3 is 0 Å². The molecule has 0 radical (unpaired) electrons. The van der Waals surface area contributed by atoms with Crippen LogP contribution in [0.3, 0.4) is 0 Å². The van der Waals surface area contributed by atoms with E-state index in [2.05, 4.69) is 19.2 Å². The van der Waals surface area contributed by atoms with Crippen LogP contribution in [0.4, 0.5) is 0 Å². The van der Waals surface area contributed by atoms with Crippen LogP contribution >= 0.6 is 0 Å². The van der Waals surface area contributed by atoms with Crippen molar-refractivity contribution < 1.29 is 4.74 Å². The van der Waals surface area contributed by atoms with E-state index in [1.165, 1.54) is 51.4 Å². The van der Waals surface area contributed by atoms with Crippen molar-refractivity contribution in [3.05, 3.63) is 0 Å².